The maximum absolute atomic E-state index is 13.8. The second kappa shape index (κ2) is 11.3. The van der Waals surface area contributed by atoms with Crippen molar-refractivity contribution in [2.45, 2.75) is 89.9 Å². The third kappa shape index (κ3) is 5.40. The minimum atomic E-state index is -9.88. The summed E-state index contributed by atoms with van der Waals surface area (Å²) in [5, 5.41) is -7.94. The highest BCUT2D eigenvalue weighted by Crippen LogP contribution is 2.68. The van der Waals surface area contributed by atoms with Crippen LogP contribution in [0.5, 0.6) is 0 Å². The molecule has 0 aliphatic carbocycles. The summed E-state index contributed by atoms with van der Waals surface area (Å²) in [5.74, 6) is -104. The van der Waals surface area contributed by atoms with Crippen LogP contribution < -0.4 is 4.72 Å². The van der Waals surface area contributed by atoms with Gasteiger partial charge in [0, 0.05) is 6.54 Å². The van der Waals surface area contributed by atoms with Crippen LogP contribution in [0.15, 0.2) is 0 Å². The predicted octanol–water partition coefficient (Wildman–Crippen LogP) is 8.46. The molecule has 0 aromatic rings. The molecule has 3 nitrogen and oxygen atoms in total. The van der Waals surface area contributed by atoms with Gasteiger partial charge in [0.25, 0.3) is 10.0 Å². The van der Waals surface area contributed by atoms with Crippen molar-refractivity contribution in [2.75, 3.05) is 6.54 Å². The lowest BCUT2D eigenvalue weighted by Gasteiger charge is -2.46. The van der Waals surface area contributed by atoms with Crippen molar-refractivity contribution in [3.05, 3.63) is 0 Å². The molecule has 0 saturated heterocycles. The summed E-state index contributed by atoms with van der Waals surface area (Å²) in [7, 11) is -7.57. The predicted molar refractivity (Wildman–Crippen MR) is 92.6 cm³/mol. The molecule has 0 aromatic heterocycles. The van der Waals surface area contributed by atoms with Crippen LogP contribution in [0, 0.1) is 0 Å². The number of nitrogens with one attached hydrogen (secondary N) is 1. The Bertz CT molecular complexity index is 1250. The molecule has 0 bridgehead atoms. The molecule has 0 fully saturated rings. The fourth-order valence-electron chi connectivity index (χ4n) is 2.63. The number of hydrogen-bond acceptors (Lipinski definition) is 2. The molecule has 0 aliphatic heterocycles. The van der Waals surface area contributed by atoms with E-state index in [9.17, 15) is 127 Å². The average molecular weight is 791 g/mol. The van der Waals surface area contributed by atoms with Crippen LogP contribution in [-0.2, 0) is 10.0 Å². The first-order valence-corrected chi connectivity index (χ1v) is 11.9. The van der Waals surface area contributed by atoms with Crippen molar-refractivity contribution in [1.82, 2.24) is 4.72 Å². The molecule has 1 N–H and O–H groups in total. The van der Waals surface area contributed by atoms with E-state index in [1.165, 1.54) is 0 Å². The summed E-state index contributed by atoms with van der Waals surface area (Å²) in [4.78, 5) is 0. The van der Waals surface area contributed by atoms with Crippen molar-refractivity contribution < 1.29 is 127 Å². The lowest BCUT2D eigenvalue weighted by molar-refractivity contribution is -0.483. The summed E-state index contributed by atoms with van der Waals surface area (Å²) in [6.07, 6.45) is -9.05. The molecule has 0 aliphatic rings. The Kier molecular flexibility index (Phi) is 10.8. The topological polar surface area (TPSA) is 46.2 Å². The summed E-state index contributed by atoms with van der Waals surface area (Å²) in [6, 6.07) is 0. The fourth-order valence-corrected chi connectivity index (χ4v) is 3.75. The minimum Gasteiger partial charge on any atom is -0.210 e. The van der Waals surface area contributed by atoms with Crippen LogP contribution in [0.1, 0.15) is 13.3 Å². The molecule has 0 saturated carbocycles. The standard InChI is InChI=1S/C16H8F27NO2S/c1-2-3-44-47(45,46)16(42,43)14(37,38)12(33,34)10(29,30)8(25,26)6(21,22)4(17,18)5(19,20)7(23,24)9(27,28)11(31,32)13(35,36)15(39,40)41/h44H,2-3H2,1H3. The van der Waals surface area contributed by atoms with E-state index in [0.29, 0.717) is 0 Å². The van der Waals surface area contributed by atoms with Crippen molar-refractivity contribution >= 4 is 10.0 Å². The van der Waals surface area contributed by atoms with Crippen LogP contribution in [0.2, 0.25) is 0 Å². The zero-order chi connectivity index (χ0) is 39.1. The number of rotatable bonds is 15. The number of sulfonamides is 1. The van der Waals surface area contributed by atoms with Crippen LogP contribution in [-0.4, -0.2) is 91.5 Å². The van der Waals surface area contributed by atoms with E-state index in [0.717, 1.165) is 6.92 Å². The quantitative estimate of drug-likeness (QED) is 0.169. The zero-order valence-electron chi connectivity index (χ0n) is 20.8. The second-order valence-corrected chi connectivity index (χ2v) is 10.5. The fraction of sp³-hybridized carbons (Fsp3) is 1.00. The molecule has 0 aromatic carbocycles. The monoisotopic (exact) mass is 791 g/mol. The highest BCUT2D eigenvalue weighted by Gasteiger charge is 3.00. The Morgan fingerprint density at radius 3 is 0.745 bits per heavy atom. The maximum Gasteiger partial charge on any atom is 0.460 e. The van der Waals surface area contributed by atoms with Crippen molar-refractivity contribution in [1.29, 1.82) is 0 Å². The van der Waals surface area contributed by atoms with Gasteiger partial charge in [-0.3, -0.25) is 0 Å². The van der Waals surface area contributed by atoms with Gasteiger partial charge in [0.05, 0.1) is 0 Å². The Balaban J connectivity index is 7.53. The zero-order valence-corrected chi connectivity index (χ0v) is 21.7. The molecular weight excluding hydrogens is 783 g/mol. The van der Waals surface area contributed by atoms with E-state index >= 15 is 0 Å². The highest BCUT2D eigenvalue weighted by molar-refractivity contribution is 7.90. The first kappa shape index (κ1) is 45.0. The van der Waals surface area contributed by atoms with Gasteiger partial charge in [0.1, 0.15) is 0 Å². The molecule has 0 atom stereocenters. The molecular formula is C16H8F27NO2S. The third-order valence-electron chi connectivity index (χ3n) is 5.54. The Labute approximate surface area is 239 Å². The van der Waals surface area contributed by atoms with E-state index in [1.54, 1.807) is 0 Å². The normalized spacial score (nSPS) is 16.9. The maximum atomic E-state index is 13.8. The summed E-state index contributed by atoms with van der Waals surface area (Å²) in [5.41, 5.74) is 0. The van der Waals surface area contributed by atoms with Gasteiger partial charge in [-0.05, 0) is 6.42 Å². The lowest BCUT2D eigenvalue weighted by atomic mass is 9.84. The minimum absolute atomic E-state index is 0.224. The lowest BCUT2D eigenvalue weighted by Crippen LogP contribution is -2.79. The molecule has 0 heterocycles. The van der Waals surface area contributed by atoms with Gasteiger partial charge in [0.2, 0.25) is 0 Å². The average Bonchev–Trinajstić information content (AvgIpc) is 2.85. The van der Waals surface area contributed by atoms with Crippen LogP contribution in [0.25, 0.3) is 0 Å². The highest BCUT2D eigenvalue weighted by atomic mass is 32.2. The van der Waals surface area contributed by atoms with E-state index in [2.05, 4.69) is 0 Å². The molecule has 31 heteroatoms. The molecule has 0 rings (SSSR count). The number of alkyl halides is 27. The molecule has 0 unspecified atom stereocenters. The first-order valence-electron chi connectivity index (χ1n) is 10.4. The number of hydrogen-bond donors (Lipinski definition) is 1. The van der Waals surface area contributed by atoms with Gasteiger partial charge in [-0.25, -0.2) is 13.1 Å². The third-order valence-corrected chi connectivity index (χ3v) is 7.06. The van der Waals surface area contributed by atoms with Crippen LogP contribution in [0.4, 0.5) is 119 Å². The summed E-state index contributed by atoms with van der Waals surface area (Å²) >= 11 is 0. The van der Waals surface area contributed by atoms with E-state index in [4.69, 9.17) is 0 Å². The van der Waals surface area contributed by atoms with E-state index < -0.39 is 99.6 Å². The van der Waals surface area contributed by atoms with Gasteiger partial charge < -0.3 is 0 Å². The van der Waals surface area contributed by atoms with Crippen molar-refractivity contribution in [3.8, 4) is 0 Å². The molecule has 47 heavy (non-hydrogen) atoms. The second-order valence-electron chi connectivity index (χ2n) is 8.73. The van der Waals surface area contributed by atoms with Gasteiger partial charge in [0.15, 0.2) is 0 Å². The summed E-state index contributed by atoms with van der Waals surface area (Å²) < 4.78 is 384. The molecule has 0 radical (unpaired) electrons. The SMILES string of the molecule is CCCNS(=O)(=O)C(F)(F)C(F)(F)C(F)(F)C(F)(F)C(F)(F)C(F)(F)C(F)(F)C(F)(F)C(F)(F)C(F)(F)C(F)(F)C(F)(F)C(F)(F)F. The van der Waals surface area contributed by atoms with Gasteiger partial charge >= 0.3 is 76.6 Å². The number of halogens is 27. The largest absolute Gasteiger partial charge is 0.460 e. The van der Waals surface area contributed by atoms with Gasteiger partial charge in [-0.15, -0.1) is 0 Å². The Morgan fingerprint density at radius 2 is 0.553 bits per heavy atom. The van der Waals surface area contributed by atoms with Crippen LogP contribution >= 0.6 is 0 Å². The van der Waals surface area contributed by atoms with Crippen LogP contribution in [0.3, 0.4) is 0 Å². The first-order chi connectivity index (χ1) is 19.8. The molecule has 284 valence electrons. The Morgan fingerprint density at radius 1 is 0.362 bits per heavy atom. The van der Waals surface area contributed by atoms with Crippen molar-refractivity contribution in [3.63, 3.8) is 0 Å². The molecule has 0 amide bonds. The van der Waals surface area contributed by atoms with Gasteiger partial charge in [-0.1, -0.05) is 6.92 Å². The smallest absolute Gasteiger partial charge is 0.210 e. The van der Waals surface area contributed by atoms with Crippen molar-refractivity contribution in [2.24, 2.45) is 0 Å². The molecule has 0 spiro atoms. The van der Waals surface area contributed by atoms with E-state index in [1.807, 2.05) is 0 Å². The Hall–Kier alpha value is -1.98. The summed E-state index contributed by atoms with van der Waals surface area (Å²) in [6.45, 7) is -0.763. The van der Waals surface area contributed by atoms with Gasteiger partial charge in [-0.2, -0.15) is 119 Å². The van der Waals surface area contributed by atoms with E-state index in [-0.39, 0.29) is 4.72 Å².